The first kappa shape index (κ1) is 15.2. The Morgan fingerprint density at radius 3 is 2.67 bits per heavy atom. The van der Waals surface area contributed by atoms with E-state index in [0.29, 0.717) is 23.6 Å². The van der Waals surface area contributed by atoms with Gasteiger partial charge in [0, 0.05) is 11.1 Å². The van der Waals surface area contributed by atoms with Crippen molar-refractivity contribution in [3.63, 3.8) is 0 Å². The fourth-order valence-corrected chi connectivity index (χ4v) is 1.95. The van der Waals surface area contributed by atoms with Crippen molar-refractivity contribution in [2.45, 2.75) is 32.9 Å². The number of hydrogen-bond acceptors (Lipinski definition) is 5. The van der Waals surface area contributed by atoms with Crippen molar-refractivity contribution in [1.29, 1.82) is 0 Å². The molecule has 6 nitrogen and oxygen atoms in total. The van der Waals surface area contributed by atoms with Gasteiger partial charge < -0.3 is 9.84 Å². The van der Waals surface area contributed by atoms with Gasteiger partial charge in [-0.1, -0.05) is 5.21 Å². The van der Waals surface area contributed by atoms with Gasteiger partial charge in [0.1, 0.15) is 17.0 Å². The van der Waals surface area contributed by atoms with Crippen LogP contribution in [0.1, 0.15) is 42.4 Å². The largest absolute Gasteiger partial charge is 0.496 e. The van der Waals surface area contributed by atoms with Crippen LogP contribution in [0.25, 0.3) is 0 Å². The van der Waals surface area contributed by atoms with Gasteiger partial charge in [0.25, 0.3) is 0 Å². The lowest BCUT2D eigenvalue weighted by molar-refractivity contribution is 0.0737. The maximum Gasteiger partial charge on any atom is 0.159 e. The van der Waals surface area contributed by atoms with Crippen LogP contribution < -0.4 is 4.74 Å². The maximum atomic E-state index is 11.5. The topological polar surface area (TPSA) is 77.2 Å². The number of nitrogens with zero attached hydrogens (tertiary/aromatic N) is 3. The van der Waals surface area contributed by atoms with Crippen LogP contribution in [0.4, 0.5) is 0 Å². The fraction of sp³-hybridized carbons (Fsp3) is 0.400. The summed E-state index contributed by atoms with van der Waals surface area (Å²) in [5.41, 5.74) is 0.902. The van der Waals surface area contributed by atoms with E-state index in [0.717, 1.165) is 5.56 Å². The minimum absolute atomic E-state index is 0.00493. The zero-order valence-corrected chi connectivity index (χ0v) is 12.6. The molecule has 2 aromatic rings. The Morgan fingerprint density at radius 2 is 2.14 bits per heavy atom. The summed E-state index contributed by atoms with van der Waals surface area (Å²) in [5.74, 6) is 0.676. The summed E-state index contributed by atoms with van der Waals surface area (Å²) in [6.07, 6.45) is 1.68. The lowest BCUT2D eigenvalue weighted by Crippen LogP contribution is -2.15. The van der Waals surface area contributed by atoms with Gasteiger partial charge in [-0.3, -0.25) is 4.79 Å². The van der Waals surface area contributed by atoms with Crippen LogP contribution >= 0.6 is 0 Å². The first-order valence-electron chi connectivity index (χ1n) is 6.62. The third kappa shape index (κ3) is 3.46. The van der Waals surface area contributed by atoms with E-state index < -0.39 is 5.60 Å². The van der Waals surface area contributed by atoms with Crippen LogP contribution in [0, 0.1) is 0 Å². The SMILES string of the molecule is COc1ccc(C(C)=O)cc1Cn1cc(C(C)(C)O)nn1. The summed E-state index contributed by atoms with van der Waals surface area (Å²) in [5, 5.41) is 17.8. The van der Waals surface area contributed by atoms with Crippen molar-refractivity contribution in [3.05, 3.63) is 41.2 Å². The minimum atomic E-state index is -1.04. The quantitative estimate of drug-likeness (QED) is 0.849. The first-order chi connectivity index (χ1) is 9.81. The van der Waals surface area contributed by atoms with E-state index in [-0.39, 0.29) is 5.78 Å². The molecule has 0 aliphatic rings. The summed E-state index contributed by atoms with van der Waals surface area (Å²) in [6, 6.07) is 5.28. The van der Waals surface area contributed by atoms with Gasteiger partial charge in [-0.2, -0.15) is 0 Å². The summed E-state index contributed by atoms with van der Waals surface area (Å²) in [7, 11) is 1.58. The molecular weight excluding hydrogens is 270 g/mol. The average Bonchev–Trinajstić information content (AvgIpc) is 2.87. The van der Waals surface area contributed by atoms with E-state index in [4.69, 9.17) is 4.74 Å². The molecule has 0 radical (unpaired) electrons. The van der Waals surface area contributed by atoms with E-state index in [9.17, 15) is 9.90 Å². The molecule has 0 saturated heterocycles. The predicted octanol–water partition coefficient (Wildman–Crippen LogP) is 1.76. The second kappa shape index (κ2) is 5.65. The molecule has 0 aliphatic heterocycles. The minimum Gasteiger partial charge on any atom is -0.496 e. The van der Waals surface area contributed by atoms with E-state index in [2.05, 4.69) is 10.3 Å². The Balaban J connectivity index is 2.32. The zero-order valence-electron chi connectivity index (χ0n) is 12.6. The highest BCUT2D eigenvalue weighted by molar-refractivity contribution is 5.94. The van der Waals surface area contributed by atoms with Crippen molar-refractivity contribution in [1.82, 2.24) is 15.0 Å². The second-order valence-electron chi connectivity index (χ2n) is 5.44. The number of hydrogen-bond donors (Lipinski definition) is 1. The Labute approximate surface area is 123 Å². The molecule has 0 saturated carbocycles. The summed E-state index contributed by atoms with van der Waals surface area (Å²) in [4.78, 5) is 11.5. The molecule has 1 aromatic carbocycles. The Morgan fingerprint density at radius 1 is 1.43 bits per heavy atom. The molecule has 0 amide bonds. The van der Waals surface area contributed by atoms with E-state index in [1.54, 1.807) is 50.0 Å². The smallest absolute Gasteiger partial charge is 0.159 e. The molecule has 112 valence electrons. The van der Waals surface area contributed by atoms with Gasteiger partial charge in [-0.25, -0.2) is 4.68 Å². The highest BCUT2D eigenvalue weighted by Gasteiger charge is 2.20. The molecule has 2 rings (SSSR count). The molecule has 1 aromatic heterocycles. The molecule has 0 fully saturated rings. The number of rotatable bonds is 5. The average molecular weight is 289 g/mol. The summed E-state index contributed by atoms with van der Waals surface area (Å²) < 4.78 is 6.91. The Bertz CT molecular complexity index is 656. The highest BCUT2D eigenvalue weighted by atomic mass is 16.5. The second-order valence-corrected chi connectivity index (χ2v) is 5.44. The van der Waals surface area contributed by atoms with Crippen molar-refractivity contribution in [2.24, 2.45) is 0 Å². The van der Waals surface area contributed by atoms with Crippen LogP contribution in [0.2, 0.25) is 0 Å². The van der Waals surface area contributed by atoms with E-state index in [1.165, 1.54) is 6.92 Å². The number of ketones is 1. The van der Waals surface area contributed by atoms with Crippen molar-refractivity contribution < 1.29 is 14.6 Å². The van der Waals surface area contributed by atoms with Gasteiger partial charge in [0.05, 0.1) is 19.9 Å². The number of ether oxygens (including phenoxy) is 1. The van der Waals surface area contributed by atoms with Crippen LogP contribution in [0.15, 0.2) is 24.4 Å². The molecule has 21 heavy (non-hydrogen) atoms. The molecule has 1 N–H and O–H groups in total. The van der Waals surface area contributed by atoms with Crippen molar-refractivity contribution >= 4 is 5.78 Å². The molecule has 6 heteroatoms. The molecule has 0 unspecified atom stereocenters. The van der Waals surface area contributed by atoms with Gasteiger partial charge in [0.2, 0.25) is 0 Å². The molecule has 1 heterocycles. The third-order valence-electron chi connectivity index (χ3n) is 3.18. The summed E-state index contributed by atoms with van der Waals surface area (Å²) in [6.45, 7) is 5.23. The fourth-order valence-electron chi connectivity index (χ4n) is 1.95. The number of Topliss-reactive ketones (excluding diaryl/α,β-unsaturated/α-hetero) is 1. The molecule has 0 bridgehead atoms. The number of aromatic nitrogens is 3. The number of carbonyl (C=O) groups excluding carboxylic acids is 1. The number of methoxy groups -OCH3 is 1. The van der Waals surface area contributed by atoms with E-state index in [1.807, 2.05) is 0 Å². The Kier molecular flexibility index (Phi) is 4.09. The molecule has 0 aliphatic carbocycles. The normalized spacial score (nSPS) is 11.5. The van der Waals surface area contributed by atoms with Crippen molar-refractivity contribution in [3.8, 4) is 5.75 Å². The van der Waals surface area contributed by atoms with Gasteiger partial charge >= 0.3 is 0 Å². The predicted molar refractivity (Wildman–Crippen MR) is 77.4 cm³/mol. The number of benzene rings is 1. The summed E-state index contributed by atoms with van der Waals surface area (Å²) >= 11 is 0. The highest BCUT2D eigenvalue weighted by Crippen LogP contribution is 2.22. The zero-order chi connectivity index (χ0) is 15.6. The molecule has 0 spiro atoms. The molecule has 0 atom stereocenters. The monoisotopic (exact) mass is 289 g/mol. The van der Waals surface area contributed by atoms with E-state index >= 15 is 0 Å². The molecular formula is C15H19N3O3. The van der Waals surface area contributed by atoms with Crippen LogP contribution in [-0.2, 0) is 12.1 Å². The van der Waals surface area contributed by atoms with Crippen LogP contribution in [-0.4, -0.2) is 33.0 Å². The maximum absolute atomic E-state index is 11.5. The number of carbonyl (C=O) groups is 1. The van der Waals surface area contributed by atoms with Crippen LogP contribution in [0.5, 0.6) is 5.75 Å². The lowest BCUT2D eigenvalue weighted by atomic mass is 10.1. The van der Waals surface area contributed by atoms with Gasteiger partial charge in [0.15, 0.2) is 5.78 Å². The van der Waals surface area contributed by atoms with Crippen molar-refractivity contribution in [2.75, 3.05) is 7.11 Å². The Hall–Kier alpha value is -2.21. The lowest BCUT2D eigenvalue weighted by Gasteiger charge is -2.12. The standard InChI is InChI=1S/C15H19N3O3/c1-10(19)11-5-6-13(21-4)12(7-11)8-18-9-14(16-17-18)15(2,3)20/h5-7,9,20H,8H2,1-4H3. The van der Waals surface area contributed by atoms with Gasteiger partial charge in [-0.15, -0.1) is 5.10 Å². The van der Waals surface area contributed by atoms with Gasteiger partial charge in [-0.05, 0) is 39.0 Å². The third-order valence-corrected chi connectivity index (χ3v) is 3.18. The first-order valence-corrected chi connectivity index (χ1v) is 6.62. The number of aliphatic hydroxyl groups is 1. The van der Waals surface area contributed by atoms with Crippen LogP contribution in [0.3, 0.4) is 0 Å².